The zero-order chi connectivity index (χ0) is 24.5. The van der Waals surface area contributed by atoms with Crippen LogP contribution >= 0.6 is 23.8 Å². The predicted molar refractivity (Wildman–Crippen MR) is 116 cm³/mol. The molecule has 0 amide bonds. The molecule has 0 spiro atoms. The van der Waals surface area contributed by atoms with E-state index in [2.05, 4.69) is 0 Å². The van der Waals surface area contributed by atoms with E-state index in [4.69, 9.17) is 39.0 Å². The van der Waals surface area contributed by atoms with Gasteiger partial charge in [-0.25, -0.2) is 28.1 Å². The normalized spacial score (nSPS) is 13.0. The van der Waals surface area contributed by atoms with Gasteiger partial charge in [-0.15, -0.1) is 0 Å². The van der Waals surface area contributed by atoms with Crippen LogP contribution < -0.4 is 21.9 Å². The number of hydrogen-bond acceptors (Lipinski definition) is 8. The van der Waals surface area contributed by atoms with Crippen molar-refractivity contribution in [1.29, 1.82) is 0 Å². The van der Waals surface area contributed by atoms with Crippen molar-refractivity contribution in [2.75, 3.05) is 0 Å². The fraction of sp³-hybridized carbons (Fsp3) is 0.421. The van der Waals surface area contributed by atoms with Gasteiger partial charge in [-0.2, -0.15) is 0 Å². The molecule has 0 radical (unpaired) electrons. The molecule has 0 saturated heterocycles. The molecule has 1 aromatic heterocycles. The van der Waals surface area contributed by atoms with Crippen molar-refractivity contribution in [2.24, 2.45) is 25.7 Å². The van der Waals surface area contributed by atoms with Crippen LogP contribution in [0.15, 0.2) is 21.7 Å². The van der Waals surface area contributed by atoms with Gasteiger partial charge in [-0.3, -0.25) is 9.13 Å². The lowest BCUT2D eigenvalue weighted by molar-refractivity contribution is -0.165. The molecule has 0 fully saturated rings. The van der Waals surface area contributed by atoms with Crippen LogP contribution in [0.3, 0.4) is 0 Å². The molecule has 1 unspecified atom stereocenters. The second-order valence-corrected chi connectivity index (χ2v) is 8.08. The van der Waals surface area contributed by atoms with Crippen molar-refractivity contribution >= 4 is 35.8 Å². The number of carbonyl (C=O) groups excluding carboxylic acids is 2. The first-order valence-electron chi connectivity index (χ1n) is 9.34. The highest BCUT2D eigenvalue weighted by Gasteiger charge is 2.27. The van der Waals surface area contributed by atoms with Crippen LogP contribution in [0.2, 0.25) is 5.02 Å². The number of nitrogens with zero attached hydrogens (tertiary/aromatic N) is 3. The van der Waals surface area contributed by atoms with Crippen LogP contribution in [-0.2, 0) is 28.4 Å². The summed E-state index contributed by atoms with van der Waals surface area (Å²) < 4.78 is 27.2. The number of benzene rings is 1. The molecule has 174 valence electrons. The Morgan fingerprint density at radius 3 is 2.12 bits per heavy atom. The minimum absolute atomic E-state index is 0.0669. The molecular weight excluding hydrogens is 467 g/mol. The van der Waals surface area contributed by atoms with Gasteiger partial charge in [0.2, 0.25) is 0 Å². The van der Waals surface area contributed by atoms with Crippen molar-refractivity contribution in [3.8, 4) is 11.4 Å². The number of rotatable bonds is 6. The van der Waals surface area contributed by atoms with Crippen molar-refractivity contribution in [3.05, 3.63) is 48.7 Å². The lowest BCUT2D eigenvalue weighted by Gasteiger charge is -2.18. The summed E-state index contributed by atoms with van der Waals surface area (Å²) in [5, 5.41) is -0.245. The first-order valence-corrected chi connectivity index (χ1v) is 10.1. The standard InChI is InChI=1S/C19H22ClFN4O6S/c1-8(2)14(22)16(27)31-15(26)9(3)30-13-7-12(11(21)6-10(13)20)25-17(28)23(4)19(32)24(5)18(25)29/h6-9,14H,22H2,1-5H3/t9?,14-/m0/s1. The second-order valence-electron chi connectivity index (χ2n) is 7.31. The van der Waals surface area contributed by atoms with Gasteiger partial charge in [0.25, 0.3) is 0 Å². The number of carbonyl (C=O) groups is 2. The Balaban J connectivity index is 2.44. The number of esters is 2. The number of hydrogen-bond donors (Lipinski definition) is 1. The van der Waals surface area contributed by atoms with Crippen LogP contribution in [0.25, 0.3) is 5.69 Å². The van der Waals surface area contributed by atoms with E-state index in [-0.39, 0.29) is 21.5 Å². The summed E-state index contributed by atoms with van der Waals surface area (Å²) in [5.41, 5.74) is 3.38. The van der Waals surface area contributed by atoms with Crippen LogP contribution in [0.1, 0.15) is 20.8 Å². The average Bonchev–Trinajstić information content (AvgIpc) is 2.72. The fourth-order valence-corrected chi connectivity index (χ4v) is 2.87. The van der Waals surface area contributed by atoms with E-state index in [0.717, 1.165) is 21.3 Å². The van der Waals surface area contributed by atoms with Gasteiger partial charge in [-0.05, 0) is 31.1 Å². The van der Waals surface area contributed by atoms with Crippen LogP contribution in [-0.4, -0.2) is 37.8 Å². The first kappa shape index (κ1) is 25.4. The molecule has 0 aliphatic carbocycles. The van der Waals surface area contributed by atoms with Gasteiger partial charge >= 0.3 is 23.3 Å². The summed E-state index contributed by atoms with van der Waals surface area (Å²) in [4.78, 5) is 49.2. The monoisotopic (exact) mass is 488 g/mol. The van der Waals surface area contributed by atoms with E-state index in [1.165, 1.54) is 21.0 Å². The third-order valence-electron chi connectivity index (χ3n) is 4.60. The minimum Gasteiger partial charge on any atom is -0.477 e. The Kier molecular flexibility index (Phi) is 7.75. The number of ether oxygens (including phenoxy) is 2. The first-order chi connectivity index (χ1) is 14.8. The van der Waals surface area contributed by atoms with E-state index in [1.807, 2.05) is 0 Å². The summed E-state index contributed by atoms with van der Waals surface area (Å²) in [6, 6.07) is 0.787. The molecule has 0 saturated carbocycles. The lowest BCUT2D eigenvalue weighted by atomic mass is 10.1. The van der Waals surface area contributed by atoms with Crippen LogP contribution in [0.5, 0.6) is 5.75 Å². The number of aromatic nitrogens is 3. The molecule has 2 aromatic rings. The molecule has 0 bridgehead atoms. The molecule has 0 aliphatic rings. The van der Waals surface area contributed by atoms with E-state index in [1.54, 1.807) is 13.8 Å². The van der Waals surface area contributed by atoms with Gasteiger partial charge in [-0.1, -0.05) is 25.4 Å². The highest BCUT2D eigenvalue weighted by Crippen LogP contribution is 2.30. The third-order valence-corrected chi connectivity index (χ3v) is 5.44. The van der Waals surface area contributed by atoms with Gasteiger partial charge in [0, 0.05) is 20.2 Å². The maximum absolute atomic E-state index is 14.6. The average molecular weight is 489 g/mol. The Labute approximate surface area is 191 Å². The Morgan fingerprint density at radius 1 is 1.09 bits per heavy atom. The van der Waals surface area contributed by atoms with Gasteiger partial charge in [0.15, 0.2) is 10.9 Å². The molecule has 2 rings (SSSR count). The van der Waals surface area contributed by atoms with Crippen LogP contribution in [0.4, 0.5) is 4.39 Å². The zero-order valence-electron chi connectivity index (χ0n) is 17.9. The van der Waals surface area contributed by atoms with Crippen molar-refractivity contribution in [3.63, 3.8) is 0 Å². The minimum atomic E-state index is -1.35. The molecule has 2 atom stereocenters. The Hall–Kier alpha value is -2.83. The SMILES string of the molecule is CC(Oc1cc(-n2c(=O)n(C)c(=S)n(C)c2=O)c(F)cc1Cl)C(=O)OC(=O)[C@@H](N)C(C)C. The maximum Gasteiger partial charge on any atom is 0.354 e. The molecule has 2 N–H and O–H groups in total. The van der Waals surface area contributed by atoms with E-state index < -0.39 is 47.0 Å². The Bertz CT molecular complexity index is 1210. The molecule has 1 aromatic carbocycles. The van der Waals surface area contributed by atoms with Gasteiger partial charge in [0.05, 0.1) is 10.7 Å². The molecule has 0 aliphatic heterocycles. The number of halogens is 2. The summed E-state index contributed by atoms with van der Waals surface area (Å²) in [6.07, 6.45) is -1.35. The molecular formula is C19H22ClFN4O6S. The van der Waals surface area contributed by atoms with Crippen molar-refractivity contribution in [1.82, 2.24) is 13.7 Å². The molecule has 1 heterocycles. The summed E-state index contributed by atoms with van der Waals surface area (Å²) in [6.45, 7) is 4.63. The van der Waals surface area contributed by atoms with Crippen LogP contribution in [0, 0.1) is 16.5 Å². The number of nitrogens with two attached hydrogens (primary N) is 1. The summed E-state index contributed by atoms with van der Waals surface area (Å²) >= 11 is 11.0. The van der Waals surface area contributed by atoms with E-state index in [9.17, 15) is 23.6 Å². The van der Waals surface area contributed by atoms with Crippen molar-refractivity contribution in [2.45, 2.75) is 32.9 Å². The topological polar surface area (TPSA) is 128 Å². The summed E-state index contributed by atoms with van der Waals surface area (Å²) in [5.74, 6) is -3.47. The quantitative estimate of drug-likeness (QED) is 0.365. The Morgan fingerprint density at radius 2 is 1.62 bits per heavy atom. The lowest BCUT2D eigenvalue weighted by Crippen LogP contribution is -2.43. The second kappa shape index (κ2) is 9.76. The zero-order valence-corrected chi connectivity index (χ0v) is 19.5. The molecule has 13 heteroatoms. The van der Waals surface area contributed by atoms with Gasteiger partial charge < -0.3 is 15.2 Å². The fourth-order valence-electron chi connectivity index (χ4n) is 2.52. The largest absolute Gasteiger partial charge is 0.477 e. The van der Waals surface area contributed by atoms with Gasteiger partial charge in [0.1, 0.15) is 17.6 Å². The smallest absolute Gasteiger partial charge is 0.354 e. The van der Waals surface area contributed by atoms with E-state index >= 15 is 0 Å². The molecule has 10 nitrogen and oxygen atoms in total. The summed E-state index contributed by atoms with van der Waals surface area (Å²) in [7, 11) is 2.64. The van der Waals surface area contributed by atoms with Crippen molar-refractivity contribution < 1.29 is 23.5 Å². The third kappa shape index (κ3) is 4.97. The highest BCUT2D eigenvalue weighted by atomic mass is 35.5. The highest BCUT2D eigenvalue weighted by molar-refractivity contribution is 7.71. The predicted octanol–water partition coefficient (Wildman–Crippen LogP) is 1.22. The molecule has 32 heavy (non-hydrogen) atoms. The maximum atomic E-state index is 14.6. The van der Waals surface area contributed by atoms with E-state index in [0.29, 0.717) is 4.57 Å².